The zero-order chi connectivity index (χ0) is 15.5. The molecule has 0 bridgehead atoms. The van der Waals surface area contributed by atoms with E-state index in [1.807, 2.05) is 0 Å². The Kier molecular flexibility index (Phi) is 4.71. The molecular weight excluding hydrogens is 296 g/mol. The van der Waals surface area contributed by atoms with Gasteiger partial charge in [0, 0.05) is 13.1 Å². The molecule has 0 spiro atoms. The molecule has 0 aromatic heterocycles. The molecule has 7 nitrogen and oxygen atoms in total. The normalized spacial score (nSPS) is 16.3. The van der Waals surface area contributed by atoms with Gasteiger partial charge < -0.3 is 10.5 Å². The van der Waals surface area contributed by atoms with Gasteiger partial charge in [0.25, 0.3) is 11.8 Å². The van der Waals surface area contributed by atoms with Gasteiger partial charge in [0.05, 0.1) is 10.6 Å². The lowest BCUT2D eigenvalue weighted by molar-refractivity contribution is -0.158. The van der Waals surface area contributed by atoms with Crippen molar-refractivity contribution < 1.29 is 22.7 Å². The number of nitrogens with two attached hydrogens (primary N) is 1. The SMILES string of the molecule is NCc1cccc(S(=O)(=O)CCN2C(=O)COCC2=O)c1. The van der Waals surface area contributed by atoms with E-state index in [2.05, 4.69) is 0 Å². The van der Waals surface area contributed by atoms with Gasteiger partial charge in [-0.15, -0.1) is 0 Å². The van der Waals surface area contributed by atoms with Crippen molar-refractivity contribution in [1.29, 1.82) is 0 Å². The lowest BCUT2D eigenvalue weighted by Gasteiger charge is -2.24. The maximum absolute atomic E-state index is 12.2. The molecule has 1 saturated heterocycles. The van der Waals surface area contributed by atoms with Crippen LogP contribution in [0.4, 0.5) is 0 Å². The van der Waals surface area contributed by atoms with E-state index in [-0.39, 0.29) is 37.0 Å². The van der Waals surface area contributed by atoms with Crippen LogP contribution < -0.4 is 5.73 Å². The Morgan fingerprint density at radius 1 is 1.19 bits per heavy atom. The molecule has 114 valence electrons. The molecular formula is C13H16N2O5S. The van der Waals surface area contributed by atoms with Crippen LogP contribution in [0.2, 0.25) is 0 Å². The Bertz CT molecular complexity index is 640. The number of imide groups is 1. The summed E-state index contributed by atoms with van der Waals surface area (Å²) in [6.07, 6.45) is 0. The highest BCUT2D eigenvalue weighted by Gasteiger charge is 2.28. The number of carbonyl (C=O) groups excluding carboxylic acids is 2. The van der Waals surface area contributed by atoms with E-state index in [0.717, 1.165) is 4.90 Å². The molecule has 0 saturated carbocycles. The van der Waals surface area contributed by atoms with Crippen molar-refractivity contribution in [2.75, 3.05) is 25.5 Å². The van der Waals surface area contributed by atoms with Crippen molar-refractivity contribution in [2.45, 2.75) is 11.4 Å². The Morgan fingerprint density at radius 2 is 1.86 bits per heavy atom. The summed E-state index contributed by atoms with van der Waals surface area (Å²) in [4.78, 5) is 24.1. The molecule has 2 amide bonds. The first-order chi connectivity index (χ1) is 9.94. The van der Waals surface area contributed by atoms with Crippen molar-refractivity contribution >= 4 is 21.7 Å². The highest BCUT2D eigenvalue weighted by molar-refractivity contribution is 7.91. The monoisotopic (exact) mass is 312 g/mol. The maximum Gasteiger partial charge on any atom is 0.255 e. The fourth-order valence-electron chi connectivity index (χ4n) is 1.97. The number of benzene rings is 1. The molecule has 2 rings (SSSR count). The van der Waals surface area contributed by atoms with Crippen molar-refractivity contribution in [3.05, 3.63) is 29.8 Å². The minimum atomic E-state index is -3.58. The number of sulfone groups is 1. The Morgan fingerprint density at radius 3 is 2.48 bits per heavy atom. The first kappa shape index (κ1) is 15.6. The summed E-state index contributed by atoms with van der Waals surface area (Å²) in [5, 5.41) is 0. The summed E-state index contributed by atoms with van der Waals surface area (Å²) >= 11 is 0. The minimum Gasteiger partial charge on any atom is -0.362 e. The van der Waals surface area contributed by atoms with Crippen molar-refractivity contribution in [1.82, 2.24) is 4.90 Å². The van der Waals surface area contributed by atoms with Gasteiger partial charge >= 0.3 is 0 Å². The van der Waals surface area contributed by atoms with Crippen LogP contribution in [0.15, 0.2) is 29.2 Å². The predicted octanol–water partition coefficient (Wildman–Crippen LogP) is -0.696. The lowest BCUT2D eigenvalue weighted by Crippen LogP contribution is -2.47. The molecule has 1 heterocycles. The first-order valence-electron chi connectivity index (χ1n) is 6.37. The average molecular weight is 312 g/mol. The van der Waals surface area contributed by atoms with Gasteiger partial charge in [-0.05, 0) is 17.7 Å². The van der Waals surface area contributed by atoms with E-state index in [9.17, 15) is 18.0 Å². The van der Waals surface area contributed by atoms with Gasteiger partial charge in [-0.2, -0.15) is 0 Å². The molecule has 0 unspecified atom stereocenters. The van der Waals surface area contributed by atoms with E-state index in [4.69, 9.17) is 10.5 Å². The van der Waals surface area contributed by atoms with Crippen LogP contribution in [-0.2, 0) is 30.7 Å². The number of amides is 2. The smallest absolute Gasteiger partial charge is 0.255 e. The molecule has 1 aliphatic heterocycles. The zero-order valence-electron chi connectivity index (χ0n) is 11.3. The summed E-state index contributed by atoms with van der Waals surface area (Å²) in [6, 6.07) is 6.31. The van der Waals surface area contributed by atoms with Crippen molar-refractivity contribution in [3.63, 3.8) is 0 Å². The molecule has 1 aliphatic rings. The Balaban J connectivity index is 2.10. The highest BCUT2D eigenvalue weighted by atomic mass is 32.2. The number of morpholine rings is 1. The number of nitrogens with zero attached hydrogens (tertiary/aromatic N) is 1. The number of hydrogen-bond donors (Lipinski definition) is 1. The zero-order valence-corrected chi connectivity index (χ0v) is 12.1. The van der Waals surface area contributed by atoms with Gasteiger partial charge in [0.1, 0.15) is 13.2 Å². The quantitative estimate of drug-likeness (QED) is 0.721. The van der Waals surface area contributed by atoms with Crippen LogP contribution in [0, 0.1) is 0 Å². The van der Waals surface area contributed by atoms with Crippen LogP contribution in [0.1, 0.15) is 5.56 Å². The summed E-state index contributed by atoms with van der Waals surface area (Å²) in [6.45, 7) is -0.330. The summed E-state index contributed by atoms with van der Waals surface area (Å²) < 4.78 is 29.2. The third kappa shape index (κ3) is 3.66. The van der Waals surface area contributed by atoms with Gasteiger partial charge in [0.15, 0.2) is 9.84 Å². The summed E-state index contributed by atoms with van der Waals surface area (Å²) in [5.74, 6) is -1.35. The van der Waals surface area contributed by atoms with E-state index in [0.29, 0.717) is 5.56 Å². The average Bonchev–Trinajstić information content (AvgIpc) is 2.47. The first-order valence-corrected chi connectivity index (χ1v) is 8.02. The van der Waals surface area contributed by atoms with Crippen LogP contribution in [0.3, 0.4) is 0 Å². The number of carbonyl (C=O) groups is 2. The maximum atomic E-state index is 12.2. The van der Waals surface area contributed by atoms with E-state index in [1.165, 1.54) is 12.1 Å². The Labute approximate surface area is 122 Å². The fraction of sp³-hybridized carbons (Fsp3) is 0.385. The van der Waals surface area contributed by atoms with Crippen LogP contribution in [0.25, 0.3) is 0 Å². The van der Waals surface area contributed by atoms with Crippen LogP contribution in [0.5, 0.6) is 0 Å². The standard InChI is InChI=1S/C13H16N2O5S/c14-7-10-2-1-3-11(6-10)21(18,19)5-4-15-12(16)8-20-9-13(15)17/h1-3,6H,4-5,7-9,14H2. The van der Waals surface area contributed by atoms with Gasteiger partial charge in [-0.1, -0.05) is 12.1 Å². The molecule has 2 N–H and O–H groups in total. The van der Waals surface area contributed by atoms with Crippen molar-refractivity contribution in [2.24, 2.45) is 5.73 Å². The lowest BCUT2D eigenvalue weighted by atomic mass is 10.2. The van der Waals surface area contributed by atoms with E-state index < -0.39 is 21.7 Å². The number of rotatable bonds is 5. The second kappa shape index (κ2) is 6.33. The third-order valence-corrected chi connectivity index (χ3v) is 4.82. The molecule has 0 aliphatic carbocycles. The predicted molar refractivity (Wildman–Crippen MR) is 73.9 cm³/mol. The molecule has 1 aromatic carbocycles. The van der Waals surface area contributed by atoms with Crippen LogP contribution >= 0.6 is 0 Å². The number of hydrogen-bond acceptors (Lipinski definition) is 6. The highest BCUT2D eigenvalue weighted by Crippen LogP contribution is 2.14. The van der Waals surface area contributed by atoms with Crippen LogP contribution in [-0.4, -0.2) is 50.6 Å². The topological polar surface area (TPSA) is 107 Å². The Hall–Kier alpha value is -1.77. The second-order valence-electron chi connectivity index (χ2n) is 4.60. The minimum absolute atomic E-state index is 0.138. The van der Waals surface area contributed by atoms with Crippen molar-refractivity contribution in [3.8, 4) is 0 Å². The van der Waals surface area contributed by atoms with Gasteiger partial charge in [-0.3, -0.25) is 14.5 Å². The van der Waals surface area contributed by atoms with E-state index >= 15 is 0 Å². The number of ether oxygens (including phenoxy) is 1. The van der Waals surface area contributed by atoms with Gasteiger partial charge in [0.2, 0.25) is 0 Å². The molecule has 1 aromatic rings. The summed E-state index contributed by atoms with van der Waals surface area (Å²) in [5.41, 5.74) is 6.19. The summed E-state index contributed by atoms with van der Waals surface area (Å²) in [7, 11) is -3.58. The third-order valence-electron chi connectivity index (χ3n) is 3.13. The molecule has 21 heavy (non-hydrogen) atoms. The largest absolute Gasteiger partial charge is 0.362 e. The molecule has 0 radical (unpaired) electrons. The van der Waals surface area contributed by atoms with Gasteiger partial charge in [-0.25, -0.2) is 8.42 Å². The van der Waals surface area contributed by atoms with E-state index in [1.54, 1.807) is 12.1 Å². The second-order valence-corrected chi connectivity index (χ2v) is 6.71. The molecule has 1 fully saturated rings. The molecule has 8 heteroatoms. The molecule has 0 atom stereocenters. The fourth-order valence-corrected chi connectivity index (χ4v) is 3.24.